The SMILES string of the molecule is CC(C)OC(=O)c1ccc(N2C(=O)C(Nc3ccccc3F)=C(Sc3ccc(Cl)cc3)C2=O)cc1. The number of carbonyl (C=O) groups excluding carboxylic acids is 3. The number of rotatable bonds is 7. The van der Waals surface area contributed by atoms with Crippen LogP contribution in [-0.2, 0) is 14.3 Å². The van der Waals surface area contributed by atoms with E-state index in [0.717, 1.165) is 16.7 Å². The van der Waals surface area contributed by atoms with Crippen molar-refractivity contribution in [2.45, 2.75) is 24.8 Å². The number of imide groups is 1. The lowest BCUT2D eigenvalue weighted by Gasteiger charge is -2.16. The molecule has 0 radical (unpaired) electrons. The maximum Gasteiger partial charge on any atom is 0.338 e. The molecule has 3 aromatic carbocycles. The number of hydrogen-bond acceptors (Lipinski definition) is 6. The second-order valence-electron chi connectivity index (χ2n) is 7.81. The Kier molecular flexibility index (Phi) is 7.23. The van der Waals surface area contributed by atoms with Crippen molar-refractivity contribution in [3.8, 4) is 0 Å². The molecular formula is C26H20ClFN2O4S. The predicted molar refractivity (Wildman–Crippen MR) is 134 cm³/mol. The molecule has 1 aliphatic heterocycles. The van der Waals surface area contributed by atoms with E-state index in [1.54, 1.807) is 44.2 Å². The average molecular weight is 511 g/mol. The quantitative estimate of drug-likeness (QED) is 0.309. The van der Waals surface area contributed by atoms with E-state index in [-0.39, 0.29) is 33.6 Å². The molecule has 35 heavy (non-hydrogen) atoms. The number of nitrogens with zero attached hydrogens (tertiary/aromatic N) is 1. The Hall–Kier alpha value is -3.62. The molecule has 178 valence electrons. The number of halogens is 2. The van der Waals surface area contributed by atoms with Crippen molar-refractivity contribution < 1.29 is 23.5 Å². The minimum Gasteiger partial charge on any atom is -0.459 e. The number of carbonyl (C=O) groups is 3. The van der Waals surface area contributed by atoms with Gasteiger partial charge in [-0.3, -0.25) is 9.59 Å². The molecule has 9 heteroatoms. The van der Waals surface area contributed by atoms with Gasteiger partial charge >= 0.3 is 5.97 Å². The zero-order chi connectivity index (χ0) is 25.1. The van der Waals surface area contributed by atoms with Crippen molar-refractivity contribution in [3.05, 3.63) is 99.8 Å². The van der Waals surface area contributed by atoms with Gasteiger partial charge < -0.3 is 10.1 Å². The van der Waals surface area contributed by atoms with Crippen molar-refractivity contribution in [2.75, 3.05) is 10.2 Å². The van der Waals surface area contributed by atoms with Crippen LogP contribution in [0.5, 0.6) is 0 Å². The summed E-state index contributed by atoms with van der Waals surface area (Å²) in [5.41, 5.74) is 0.561. The maximum atomic E-state index is 14.3. The van der Waals surface area contributed by atoms with E-state index in [0.29, 0.717) is 9.92 Å². The van der Waals surface area contributed by atoms with E-state index in [1.165, 1.54) is 42.5 Å². The van der Waals surface area contributed by atoms with Gasteiger partial charge in [-0.1, -0.05) is 35.5 Å². The molecule has 0 fully saturated rings. The minimum atomic E-state index is -0.646. The van der Waals surface area contributed by atoms with Gasteiger partial charge in [-0.2, -0.15) is 0 Å². The van der Waals surface area contributed by atoms with Crippen LogP contribution in [0.25, 0.3) is 0 Å². The number of esters is 1. The van der Waals surface area contributed by atoms with Crippen molar-refractivity contribution in [3.63, 3.8) is 0 Å². The van der Waals surface area contributed by atoms with Gasteiger partial charge in [0.25, 0.3) is 11.8 Å². The van der Waals surface area contributed by atoms with Crippen molar-refractivity contribution in [1.82, 2.24) is 0 Å². The first-order chi connectivity index (χ1) is 16.7. The van der Waals surface area contributed by atoms with Gasteiger partial charge in [0.2, 0.25) is 0 Å². The molecule has 2 amide bonds. The third-order valence-corrected chi connectivity index (χ3v) is 6.26. The summed E-state index contributed by atoms with van der Waals surface area (Å²) in [6, 6.07) is 18.6. The number of para-hydroxylation sites is 1. The summed E-state index contributed by atoms with van der Waals surface area (Å²) in [6.45, 7) is 3.48. The fourth-order valence-electron chi connectivity index (χ4n) is 3.30. The van der Waals surface area contributed by atoms with Crippen LogP contribution in [0.2, 0.25) is 5.02 Å². The van der Waals surface area contributed by atoms with Crippen LogP contribution in [0.1, 0.15) is 24.2 Å². The highest BCUT2D eigenvalue weighted by molar-refractivity contribution is 8.04. The Morgan fingerprint density at radius 2 is 1.63 bits per heavy atom. The highest BCUT2D eigenvalue weighted by Gasteiger charge is 2.40. The molecule has 1 heterocycles. The Bertz CT molecular complexity index is 1320. The first-order valence-corrected chi connectivity index (χ1v) is 11.8. The highest BCUT2D eigenvalue weighted by Crippen LogP contribution is 2.38. The average Bonchev–Trinajstić information content (AvgIpc) is 3.05. The Labute approximate surface area is 210 Å². The van der Waals surface area contributed by atoms with Crippen LogP contribution in [0, 0.1) is 5.82 Å². The largest absolute Gasteiger partial charge is 0.459 e. The molecule has 6 nitrogen and oxygen atoms in total. The molecule has 1 aliphatic rings. The minimum absolute atomic E-state index is 0.0525. The third-order valence-electron chi connectivity index (χ3n) is 4.91. The Morgan fingerprint density at radius 1 is 0.971 bits per heavy atom. The second kappa shape index (κ2) is 10.3. The predicted octanol–water partition coefficient (Wildman–Crippen LogP) is 6.03. The lowest BCUT2D eigenvalue weighted by molar-refractivity contribution is -0.120. The fourth-order valence-corrected chi connectivity index (χ4v) is 4.35. The molecule has 0 saturated heterocycles. The van der Waals surface area contributed by atoms with E-state index in [4.69, 9.17) is 16.3 Å². The summed E-state index contributed by atoms with van der Waals surface area (Å²) in [5, 5.41) is 3.32. The van der Waals surface area contributed by atoms with Gasteiger partial charge in [0.1, 0.15) is 16.4 Å². The van der Waals surface area contributed by atoms with Gasteiger partial charge in [0.15, 0.2) is 0 Å². The highest BCUT2D eigenvalue weighted by atomic mass is 35.5. The first kappa shape index (κ1) is 24.5. The van der Waals surface area contributed by atoms with Crippen molar-refractivity contribution in [2.24, 2.45) is 0 Å². The molecule has 0 spiro atoms. The van der Waals surface area contributed by atoms with E-state index in [1.807, 2.05) is 0 Å². The number of ether oxygens (including phenoxy) is 1. The molecule has 0 bridgehead atoms. The summed E-state index contributed by atoms with van der Waals surface area (Å²) in [7, 11) is 0. The van der Waals surface area contributed by atoms with Crippen molar-refractivity contribution >= 4 is 52.5 Å². The number of nitrogens with one attached hydrogen (secondary N) is 1. The zero-order valence-corrected chi connectivity index (χ0v) is 20.3. The molecule has 0 unspecified atom stereocenters. The summed E-state index contributed by atoms with van der Waals surface area (Å²) < 4.78 is 19.5. The summed E-state index contributed by atoms with van der Waals surface area (Å²) in [6.07, 6.45) is -0.285. The van der Waals surface area contributed by atoms with Gasteiger partial charge in [0.05, 0.1) is 23.0 Å². The van der Waals surface area contributed by atoms with E-state index >= 15 is 0 Å². The summed E-state index contributed by atoms with van der Waals surface area (Å²) >= 11 is 7.03. The smallest absolute Gasteiger partial charge is 0.338 e. The summed E-state index contributed by atoms with van der Waals surface area (Å²) in [4.78, 5) is 40.7. The number of anilines is 2. The molecule has 4 rings (SSSR count). The van der Waals surface area contributed by atoms with Crippen LogP contribution in [0.15, 0.2) is 88.3 Å². The van der Waals surface area contributed by atoms with Crippen LogP contribution >= 0.6 is 23.4 Å². The molecular weight excluding hydrogens is 491 g/mol. The van der Waals surface area contributed by atoms with E-state index in [9.17, 15) is 18.8 Å². The Morgan fingerprint density at radius 3 is 2.26 bits per heavy atom. The molecule has 0 atom stereocenters. The topological polar surface area (TPSA) is 75.7 Å². The number of benzene rings is 3. The van der Waals surface area contributed by atoms with Crippen LogP contribution in [0.4, 0.5) is 15.8 Å². The monoisotopic (exact) mass is 510 g/mol. The van der Waals surface area contributed by atoms with Crippen molar-refractivity contribution in [1.29, 1.82) is 0 Å². The maximum absolute atomic E-state index is 14.3. The van der Waals surface area contributed by atoms with Crippen LogP contribution in [0.3, 0.4) is 0 Å². The second-order valence-corrected chi connectivity index (χ2v) is 9.33. The molecule has 3 aromatic rings. The zero-order valence-electron chi connectivity index (χ0n) is 18.7. The van der Waals surface area contributed by atoms with Crippen LogP contribution < -0.4 is 10.2 Å². The number of hydrogen-bond donors (Lipinski definition) is 1. The fraction of sp³-hybridized carbons (Fsp3) is 0.115. The third kappa shape index (κ3) is 5.39. The molecule has 0 saturated carbocycles. The lowest BCUT2D eigenvalue weighted by atomic mass is 10.2. The molecule has 0 aromatic heterocycles. The van der Waals surface area contributed by atoms with Gasteiger partial charge in [-0.25, -0.2) is 14.1 Å². The number of thioether (sulfide) groups is 1. The van der Waals surface area contributed by atoms with Gasteiger partial charge in [0, 0.05) is 9.92 Å². The van der Waals surface area contributed by atoms with Crippen LogP contribution in [-0.4, -0.2) is 23.9 Å². The van der Waals surface area contributed by atoms with E-state index < -0.39 is 23.6 Å². The standard InChI is InChI=1S/C26H20ClFN2O4S/c1-15(2)34-26(33)16-7-11-18(12-8-16)30-24(31)22(29-21-6-4-3-5-20(21)28)23(25(30)32)35-19-13-9-17(27)10-14-19/h3-15,29H,1-2H3. The normalized spacial score (nSPS) is 13.6. The van der Waals surface area contributed by atoms with Gasteiger partial charge in [-0.15, -0.1) is 0 Å². The Balaban J connectivity index is 1.68. The van der Waals surface area contributed by atoms with Gasteiger partial charge in [-0.05, 0) is 74.5 Å². The summed E-state index contributed by atoms with van der Waals surface area (Å²) in [5.74, 6) is -2.30. The first-order valence-electron chi connectivity index (χ1n) is 10.6. The molecule has 1 N–H and O–H groups in total. The van der Waals surface area contributed by atoms with E-state index in [2.05, 4.69) is 5.32 Å². The number of amides is 2. The molecule has 0 aliphatic carbocycles. The lowest BCUT2D eigenvalue weighted by Crippen LogP contribution is -2.32.